The number of methoxy groups -OCH3 is 1. The minimum absolute atomic E-state index is 0.151. The van der Waals surface area contributed by atoms with Gasteiger partial charge in [0.15, 0.2) is 0 Å². The van der Waals surface area contributed by atoms with Crippen LogP contribution in [0.5, 0.6) is 5.75 Å². The number of hydrogen-bond acceptors (Lipinski definition) is 4. The average Bonchev–Trinajstić information content (AvgIpc) is 2.72. The van der Waals surface area contributed by atoms with E-state index in [0.29, 0.717) is 24.6 Å². The molecule has 7 heteroatoms. The molecule has 1 aliphatic heterocycles. The van der Waals surface area contributed by atoms with Crippen LogP contribution in [-0.2, 0) is 27.8 Å². The number of nitrogens with zero attached hydrogens (tertiary/aromatic N) is 1. The van der Waals surface area contributed by atoms with E-state index in [1.807, 2.05) is 24.3 Å². The number of hydrogen-bond donors (Lipinski definition) is 1. The lowest BCUT2D eigenvalue weighted by Crippen LogP contribution is -2.52. The fraction of sp³-hybridized carbons (Fsp3) is 0.409. The Kier molecular flexibility index (Phi) is 6.59. The van der Waals surface area contributed by atoms with E-state index in [4.69, 9.17) is 4.74 Å². The summed E-state index contributed by atoms with van der Waals surface area (Å²) in [6.07, 6.45) is 1.21. The number of carbonyl (C=O) groups excluding carboxylic acids is 1. The van der Waals surface area contributed by atoms with Crippen LogP contribution in [0, 0.1) is 5.92 Å². The smallest absolute Gasteiger partial charge is 0.244 e. The Morgan fingerprint density at radius 3 is 2.41 bits per heavy atom. The summed E-state index contributed by atoms with van der Waals surface area (Å²) in [6.45, 7) is 4.88. The van der Waals surface area contributed by atoms with Gasteiger partial charge in [0.25, 0.3) is 0 Å². The highest BCUT2D eigenvalue weighted by Gasteiger charge is 2.39. The third-order valence-corrected chi connectivity index (χ3v) is 7.06. The van der Waals surface area contributed by atoms with Gasteiger partial charge in [0.1, 0.15) is 11.8 Å². The molecule has 0 radical (unpaired) electrons. The summed E-state index contributed by atoms with van der Waals surface area (Å²) in [6, 6.07) is 13.2. The summed E-state index contributed by atoms with van der Waals surface area (Å²) >= 11 is 0. The molecule has 0 saturated heterocycles. The van der Waals surface area contributed by atoms with Gasteiger partial charge in [-0.1, -0.05) is 38.1 Å². The Balaban J connectivity index is 1.92. The molecular formula is C22H28N2O4S. The molecule has 0 spiro atoms. The van der Waals surface area contributed by atoms with Gasteiger partial charge in [-0.15, -0.1) is 0 Å². The molecule has 2 aromatic rings. The van der Waals surface area contributed by atoms with Gasteiger partial charge in [-0.25, -0.2) is 8.42 Å². The minimum Gasteiger partial charge on any atom is -0.497 e. The lowest BCUT2D eigenvalue weighted by molar-refractivity contribution is -0.125. The van der Waals surface area contributed by atoms with Crippen molar-refractivity contribution in [2.45, 2.75) is 44.2 Å². The fourth-order valence-electron chi connectivity index (χ4n) is 3.46. The van der Waals surface area contributed by atoms with Crippen molar-refractivity contribution in [1.29, 1.82) is 0 Å². The molecule has 6 nitrogen and oxygen atoms in total. The first-order chi connectivity index (χ1) is 13.8. The van der Waals surface area contributed by atoms with E-state index in [1.54, 1.807) is 12.1 Å². The van der Waals surface area contributed by atoms with Crippen LogP contribution in [0.15, 0.2) is 53.4 Å². The van der Waals surface area contributed by atoms with Gasteiger partial charge in [0, 0.05) is 13.1 Å². The van der Waals surface area contributed by atoms with Crippen molar-refractivity contribution < 1.29 is 17.9 Å². The molecule has 2 aromatic carbocycles. The second kappa shape index (κ2) is 8.97. The Labute approximate surface area is 172 Å². The number of sulfonamides is 1. The molecule has 1 amide bonds. The zero-order valence-corrected chi connectivity index (χ0v) is 17.9. The van der Waals surface area contributed by atoms with Crippen molar-refractivity contribution >= 4 is 15.9 Å². The highest BCUT2D eigenvalue weighted by molar-refractivity contribution is 7.89. The summed E-state index contributed by atoms with van der Waals surface area (Å²) < 4.78 is 33.2. The molecule has 0 bridgehead atoms. The Morgan fingerprint density at radius 2 is 1.79 bits per heavy atom. The number of amides is 1. The first kappa shape index (κ1) is 21.3. The summed E-state index contributed by atoms with van der Waals surface area (Å²) in [5, 5.41) is 2.92. The molecule has 0 aromatic heterocycles. The lowest BCUT2D eigenvalue weighted by Gasteiger charge is -2.35. The average molecular weight is 417 g/mol. The van der Waals surface area contributed by atoms with E-state index in [1.165, 1.54) is 23.5 Å². The van der Waals surface area contributed by atoms with E-state index in [0.717, 1.165) is 17.5 Å². The maximum absolute atomic E-state index is 13.4. The first-order valence-corrected chi connectivity index (χ1v) is 11.3. The van der Waals surface area contributed by atoms with E-state index in [9.17, 15) is 13.2 Å². The maximum atomic E-state index is 13.4. The van der Waals surface area contributed by atoms with Crippen LogP contribution in [0.1, 0.15) is 31.4 Å². The largest absolute Gasteiger partial charge is 0.497 e. The van der Waals surface area contributed by atoms with E-state index >= 15 is 0 Å². The molecule has 1 heterocycles. The van der Waals surface area contributed by atoms with Crippen molar-refractivity contribution in [3.8, 4) is 5.75 Å². The van der Waals surface area contributed by atoms with Gasteiger partial charge in [0.2, 0.25) is 15.9 Å². The normalized spacial score (nSPS) is 17.0. The first-order valence-electron chi connectivity index (χ1n) is 9.83. The van der Waals surface area contributed by atoms with Gasteiger partial charge in [-0.2, -0.15) is 4.31 Å². The van der Waals surface area contributed by atoms with Gasteiger partial charge in [-0.3, -0.25) is 4.79 Å². The van der Waals surface area contributed by atoms with Gasteiger partial charge in [-0.05, 0) is 54.2 Å². The molecule has 156 valence electrons. The highest BCUT2D eigenvalue weighted by Crippen LogP contribution is 2.30. The quantitative estimate of drug-likeness (QED) is 0.753. The zero-order chi connectivity index (χ0) is 21.0. The van der Waals surface area contributed by atoms with Crippen LogP contribution in [0.3, 0.4) is 0 Å². The number of benzene rings is 2. The van der Waals surface area contributed by atoms with Gasteiger partial charge >= 0.3 is 0 Å². The molecular weight excluding hydrogens is 388 g/mol. The van der Waals surface area contributed by atoms with Crippen LogP contribution in [0.25, 0.3) is 0 Å². The Morgan fingerprint density at radius 1 is 1.14 bits per heavy atom. The molecule has 0 fully saturated rings. The van der Waals surface area contributed by atoms with Crippen LogP contribution in [0.2, 0.25) is 0 Å². The van der Waals surface area contributed by atoms with Crippen LogP contribution < -0.4 is 10.1 Å². The fourth-order valence-corrected chi connectivity index (χ4v) is 5.03. The number of ether oxygens (including phenoxy) is 1. The van der Waals surface area contributed by atoms with Crippen molar-refractivity contribution in [1.82, 2.24) is 9.62 Å². The van der Waals surface area contributed by atoms with E-state index < -0.39 is 16.1 Å². The Bertz CT molecular complexity index is 955. The van der Waals surface area contributed by atoms with Gasteiger partial charge < -0.3 is 10.1 Å². The number of carbonyl (C=O) groups is 1. The predicted octanol–water partition coefficient (Wildman–Crippen LogP) is 2.97. The second-order valence-corrected chi connectivity index (χ2v) is 9.58. The van der Waals surface area contributed by atoms with Crippen molar-refractivity contribution in [2.24, 2.45) is 5.92 Å². The molecule has 1 N–H and O–H groups in total. The summed E-state index contributed by atoms with van der Waals surface area (Å²) in [5.74, 6) is 0.787. The van der Waals surface area contributed by atoms with Crippen LogP contribution in [-0.4, -0.2) is 38.3 Å². The summed E-state index contributed by atoms with van der Waals surface area (Å²) in [7, 11) is -2.32. The highest BCUT2D eigenvalue weighted by atomic mass is 32.2. The lowest BCUT2D eigenvalue weighted by atomic mass is 9.95. The van der Waals surface area contributed by atoms with Crippen LogP contribution in [0.4, 0.5) is 0 Å². The standard InChI is InChI=1S/C22H28N2O4S/c1-16(2)12-13-23-22(25)21-14-17-6-4-5-7-18(17)15-24(21)29(26,27)20-10-8-19(28-3)9-11-20/h4-11,16,21H,12-15H2,1-3H3,(H,23,25). The van der Waals surface area contributed by atoms with Crippen molar-refractivity contribution in [3.05, 3.63) is 59.7 Å². The topological polar surface area (TPSA) is 75.7 Å². The molecule has 0 aliphatic carbocycles. The molecule has 0 saturated carbocycles. The minimum atomic E-state index is -3.85. The third-order valence-electron chi connectivity index (χ3n) is 5.20. The van der Waals surface area contributed by atoms with E-state index in [2.05, 4.69) is 19.2 Å². The molecule has 1 unspecified atom stereocenters. The number of fused-ring (bicyclic) bond motifs is 1. The second-order valence-electron chi connectivity index (χ2n) is 7.69. The number of nitrogens with one attached hydrogen (secondary N) is 1. The van der Waals surface area contributed by atoms with E-state index in [-0.39, 0.29) is 17.3 Å². The molecule has 1 aliphatic rings. The SMILES string of the molecule is COc1ccc(S(=O)(=O)N2Cc3ccccc3CC2C(=O)NCCC(C)C)cc1. The predicted molar refractivity (Wildman–Crippen MR) is 112 cm³/mol. The third kappa shape index (κ3) is 4.79. The van der Waals surface area contributed by atoms with Crippen molar-refractivity contribution in [2.75, 3.05) is 13.7 Å². The van der Waals surface area contributed by atoms with Crippen LogP contribution >= 0.6 is 0 Å². The monoisotopic (exact) mass is 416 g/mol. The summed E-state index contributed by atoms with van der Waals surface area (Å²) in [5.41, 5.74) is 1.94. The molecule has 29 heavy (non-hydrogen) atoms. The zero-order valence-electron chi connectivity index (χ0n) is 17.1. The van der Waals surface area contributed by atoms with Crippen molar-refractivity contribution in [3.63, 3.8) is 0 Å². The Hall–Kier alpha value is -2.38. The molecule has 1 atom stereocenters. The number of rotatable bonds is 7. The van der Waals surface area contributed by atoms with Gasteiger partial charge in [0.05, 0.1) is 12.0 Å². The summed E-state index contributed by atoms with van der Waals surface area (Å²) in [4.78, 5) is 13.1. The molecule has 3 rings (SSSR count). The maximum Gasteiger partial charge on any atom is 0.244 e.